The number of pyridine rings is 1. The molecule has 1 amide bonds. The summed E-state index contributed by atoms with van der Waals surface area (Å²) in [6.45, 7) is 1.76. The van der Waals surface area contributed by atoms with Gasteiger partial charge in [-0.2, -0.15) is 4.98 Å². The molecule has 1 fully saturated rings. The average molecular weight is 399 g/mol. The first kappa shape index (κ1) is 18.7. The zero-order chi connectivity index (χ0) is 19.4. The summed E-state index contributed by atoms with van der Waals surface area (Å²) in [6, 6.07) is 3.66. The van der Waals surface area contributed by atoms with Gasteiger partial charge in [-0.1, -0.05) is 5.16 Å². The summed E-state index contributed by atoms with van der Waals surface area (Å²) in [4.78, 5) is 27.5. The summed E-state index contributed by atoms with van der Waals surface area (Å²) >= 11 is 1.42. The first-order valence-corrected chi connectivity index (χ1v) is 10.1. The van der Waals surface area contributed by atoms with E-state index in [1.807, 2.05) is 17.0 Å². The lowest BCUT2D eigenvalue weighted by atomic mass is 9.76. The minimum absolute atomic E-state index is 0.0550. The molecule has 0 aliphatic carbocycles. The van der Waals surface area contributed by atoms with Crippen molar-refractivity contribution < 1.29 is 14.1 Å². The maximum Gasteiger partial charge on any atom is 0.273 e. The van der Waals surface area contributed by atoms with E-state index in [9.17, 15) is 4.79 Å². The molecule has 4 rings (SSSR count). The van der Waals surface area contributed by atoms with Gasteiger partial charge in [-0.05, 0) is 31.4 Å². The number of rotatable bonds is 6. The predicted octanol–water partition coefficient (Wildman–Crippen LogP) is 2.80. The van der Waals surface area contributed by atoms with Crippen molar-refractivity contribution >= 4 is 17.2 Å². The minimum atomic E-state index is -0.408. The third kappa shape index (κ3) is 3.67. The Kier molecular flexibility index (Phi) is 5.45. The molecule has 1 atom stereocenters. The van der Waals surface area contributed by atoms with Crippen molar-refractivity contribution in [3.05, 3.63) is 46.9 Å². The number of piperidine rings is 1. The number of likely N-dealkylation sites (tertiary alicyclic amines) is 1. The number of hydrogen-bond donors (Lipinski definition) is 0. The molecular weight excluding hydrogens is 378 g/mol. The van der Waals surface area contributed by atoms with Gasteiger partial charge >= 0.3 is 0 Å². The van der Waals surface area contributed by atoms with Crippen LogP contribution in [0, 0.1) is 0 Å². The second kappa shape index (κ2) is 8.15. The van der Waals surface area contributed by atoms with E-state index in [1.54, 1.807) is 30.4 Å². The van der Waals surface area contributed by atoms with Gasteiger partial charge in [0.1, 0.15) is 5.69 Å². The maximum atomic E-state index is 12.8. The fourth-order valence-electron chi connectivity index (χ4n) is 3.63. The van der Waals surface area contributed by atoms with Crippen molar-refractivity contribution in [1.29, 1.82) is 0 Å². The summed E-state index contributed by atoms with van der Waals surface area (Å²) < 4.78 is 10.9. The molecule has 1 saturated heterocycles. The molecule has 0 N–H and O–H groups in total. The molecule has 146 valence electrons. The lowest BCUT2D eigenvalue weighted by molar-refractivity contribution is 0.0562. The molecule has 0 spiro atoms. The van der Waals surface area contributed by atoms with Crippen molar-refractivity contribution in [2.24, 2.45) is 0 Å². The SMILES string of the molecule is COCCC1(c2noc(-c3ccncc3)n2)CCCN(C(=O)c2cscn2)C1. The van der Waals surface area contributed by atoms with Crippen LogP contribution in [0.4, 0.5) is 0 Å². The fourth-order valence-corrected chi connectivity index (χ4v) is 4.16. The van der Waals surface area contributed by atoms with E-state index in [0.29, 0.717) is 43.5 Å². The van der Waals surface area contributed by atoms with Crippen LogP contribution in [0.3, 0.4) is 0 Å². The van der Waals surface area contributed by atoms with Crippen molar-refractivity contribution in [3.63, 3.8) is 0 Å². The predicted molar refractivity (Wildman–Crippen MR) is 103 cm³/mol. The summed E-state index contributed by atoms with van der Waals surface area (Å²) in [6.07, 6.45) is 5.81. The van der Waals surface area contributed by atoms with Crippen molar-refractivity contribution in [1.82, 2.24) is 25.0 Å². The number of carbonyl (C=O) groups excluding carboxylic acids is 1. The van der Waals surface area contributed by atoms with E-state index in [0.717, 1.165) is 18.4 Å². The number of methoxy groups -OCH3 is 1. The van der Waals surface area contributed by atoms with Gasteiger partial charge in [0.2, 0.25) is 0 Å². The number of carbonyl (C=O) groups is 1. The number of amides is 1. The van der Waals surface area contributed by atoms with Crippen molar-refractivity contribution in [2.75, 3.05) is 26.8 Å². The number of hydrogen-bond acceptors (Lipinski definition) is 8. The monoisotopic (exact) mass is 399 g/mol. The van der Waals surface area contributed by atoms with E-state index in [2.05, 4.69) is 20.1 Å². The summed E-state index contributed by atoms with van der Waals surface area (Å²) in [5.41, 5.74) is 2.57. The van der Waals surface area contributed by atoms with Gasteiger partial charge in [-0.3, -0.25) is 9.78 Å². The first-order chi connectivity index (χ1) is 13.7. The van der Waals surface area contributed by atoms with Gasteiger partial charge in [0.05, 0.1) is 10.9 Å². The highest BCUT2D eigenvalue weighted by molar-refractivity contribution is 7.07. The quantitative estimate of drug-likeness (QED) is 0.629. The van der Waals surface area contributed by atoms with E-state index in [4.69, 9.17) is 9.26 Å². The third-order valence-electron chi connectivity index (χ3n) is 5.13. The lowest BCUT2D eigenvalue weighted by Gasteiger charge is -2.40. The highest BCUT2D eigenvalue weighted by atomic mass is 32.1. The molecule has 1 unspecified atom stereocenters. The van der Waals surface area contributed by atoms with Crippen LogP contribution in [-0.2, 0) is 10.2 Å². The summed E-state index contributed by atoms with van der Waals surface area (Å²) in [5.74, 6) is 1.02. The molecule has 9 heteroatoms. The molecule has 1 aliphatic rings. The Morgan fingerprint density at radius 1 is 1.39 bits per heavy atom. The van der Waals surface area contributed by atoms with Crippen LogP contribution in [0.2, 0.25) is 0 Å². The van der Waals surface area contributed by atoms with Crippen molar-refractivity contribution in [2.45, 2.75) is 24.7 Å². The summed E-state index contributed by atoms with van der Waals surface area (Å²) in [5, 5.41) is 6.07. The van der Waals surface area contributed by atoms with Crippen molar-refractivity contribution in [3.8, 4) is 11.5 Å². The highest BCUT2D eigenvalue weighted by Gasteiger charge is 2.42. The second-order valence-corrected chi connectivity index (χ2v) is 7.60. The Labute approximate surface area is 166 Å². The molecule has 3 aromatic heterocycles. The Bertz CT molecular complexity index is 915. The first-order valence-electron chi connectivity index (χ1n) is 9.13. The van der Waals surface area contributed by atoms with Gasteiger partial charge in [0, 0.05) is 50.1 Å². The second-order valence-electron chi connectivity index (χ2n) is 6.89. The lowest BCUT2D eigenvalue weighted by Crippen LogP contribution is -2.49. The molecule has 28 heavy (non-hydrogen) atoms. The molecule has 0 saturated carbocycles. The van der Waals surface area contributed by atoms with Gasteiger partial charge in [-0.25, -0.2) is 4.98 Å². The van der Waals surface area contributed by atoms with Crippen LogP contribution in [0.15, 0.2) is 39.9 Å². The molecule has 0 radical (unpaired) electrons. The topological polar surface area (TPSA) is 94.2 Å². The smallest absolute Gasteiger partial charge is 0.273 e. The van der Waals surface area contributed by atoms with Gasteiger partial charge < -0.3 is 14.2 Å². The Hall–Kier alpha value is -2.65. The molecule has 1 aliphatic heterocycles. The average Bonchev–Trinajstić information content (AvgIpc) is 3.45. The van der Waals surface area contributed by atoms with Crippen LogP contribution < -0.4 is 0 Å². The van der Waals surface area contributed by atoms with Crippen LogP contribution in [-0.4, -0.2) is 57.7 Å². The van der Waals surface area contributed by atoms with E-state index in [-0.39, 0.29) is 5.91 Å². The fraction of sp³-hybridized carbons (Fsp3) is 0.421. The molecule has 3 aromatic rings. The number of thiazole rings is 1. The molecule has 0 bridgehead atoms. The Morgan fingerprint density at radius 3 is 3.00 bits per heavy atom. The third-order valence-corrected chi connectivity index (χ3v) is 5.71. The van der Waals surface area contributed by atoms with Gasteiger partial charge in [0.15, 0.2) is 5.82 Å². The zero-order valence-electron chi connectivity index (χ0n) is 15.6. The normalized spacial score (nSPS) is 19.7. The van der Waals surface area contributed by atoms with E-state index < -0.39 is 5.41 Å². The number of aromatic nitrogens is 4. The highest BCUT2D eigenvalue weighted by Crippen LogP contribution is 2.37. The molecule has 0 aromatic carbocycles. The minimum Gasteiger partial charge on any atom is -0.385 e. The zero-order valence-corrected chi connectivity index (χ0v) is 16.4. The van der Waals surface area contributed by atoms with E-state index in [1.165, 1.54) is 11.3 Å². The van der Waals surface area contributed by atoms with Crippen LogP contribution >= 0.6 is 11.3 Å². The molecule has 4 heterocycles. The Morgan fingerprint density at radius 2 is 2.25 bits per heavy atom. The maximum absolute atomic E-state index is 12.8. The van der Waals surface area contributed by atoms with Crippen LogP contribution in [0.1, 0.15) is 35.6 Å². The van der Waals surface area contributed by atoms with E-state index >= 15 is 0 Å². The molecular formula is C19H21N5O3S. The Balaban J connectivity index is 1.63. The largest absolute Gasteiger partial charge is 0.385 e. The number of ether oxygens (including phenoxy) is 1. The number of nitrogens with zero attached hydrogens (tertiary/aromatic N) is 5. The summed E-state index contributed by atoms with van der Waals surface area (Å²) in [7, 11) is 1.67. The van der Waals surface area contributed by atoms with Gasteiger partial charge in [0.25, 0.3) is 11.8 Å². The van der Waals surface area contributed by atoms with Gasteiger partial charge in [-0.15, -0.1) is 11.3 Å². The molecule has 8 nitrogen and oxygen atoms in total. The van der Waals surface area contributed by atoms with Crippen LogP contribution in [0.5, 0.6) is 0 Å². The van der Waals surface area contributed by atoms with Crippen LogP contribution in [0.25, 0.3) is 11.5 Å². The standard InChI is InChI=1S/C19H21N5O3S/c1-26-10-6-19(18-22-16(27-23-18)14-3-7-20-8-4-14)5-2-9-24(12-19)17(25)15-11-28-13-21-15/h3-4,7-8,11,13H,2,5-6,9-10,12H2,1H3.